The summed E-state index contributed by atoms with van der Waals surface area (Å²) >= 11 is 0. The number of nitrogens with zero attached hydrogens (tertiary/aromatic N) is 1. The van der Waals surface area contributed by atoms with Crippen molar-refractivity contribution in [1.29, 1.82) is 0 Å². The molecule has 1 aromatic heterocycles. The molecule has 2 aromatic carbocycles. The second-order valence-corrected chi connectivity index (χ2v) is 7.12. The van der Waals surface area contributed by atoms with Crippen LogP contribution >= 0.6 is 0 Å². The molecule has 152 valence electrons. The first-order valence-electron chi connectivity index (χ1n) is 9.88. The maximum Gasteiger partial charge on any atom is 0.254 e. The van der Waals surface area contributed by atoms with Crippen LogP contribution in [0.15, 0.2) is 60.8 Å². The van der Waals surface area contributed by atoms with E-state index in [0.29, 0.717) is 24.9 Å². The molecule has 1 unspecified atom stereocenters. The zero-order valence-corrected chi connectivity index (χ0v) is 16.3. The lowest BCUT2D eigenvalue weighted by Gasteiger charge is -2.15. The number of aromatic nitrogens is 1. The third-order valence-electron chi connectivity index (χ3n) is 5.00. The monoisotopic (exact) mass is 395 g/mol. The van der Waals surface area contributed by atoms with E-state index < -0.39 is 11.9 Å². The Bertz CT molecular complexity index is 969. The minimum absolute atomic E-state index is 0.310. The van der Waals surface area contributed by atoms with Crippen molar-refractivity contribution in [3.05, 3.63) is 71.9 Å². The van der Waals surface area contributed by atoms with Crippen molar-refractivity contribution < 1.29 is 14.0 Å². The Morgan fingerprint density at radius 3 is 2.45 bits per heavy atom. The van der Waals surface area contributed by atoms with E-state index in [1.54, 1.807) is 6.20 Å². The van der Waals surface area contributed by atoms with Gasteiger partial charge in [0.2, 0.25) is 5.91 Å². The van der Waals surface area contributed by atoms with Crippen LogP contribution in [0.1, 0.15) is 35.2 Å². The number of rotatable bonds is 10. The standard InChI is InChI=1S/C23H26FN3O2/c24-13-7-2-8-14-27-16-19(18-11-5-6-12-21(18)27)23(29)26-20(22(25)28)15-17-9-3-1-4-10-17/h1,3-6,9-12,16,20H,2,7-8,13-15H2,(H2,25,28)(H,26,29). The lowest BCUT2D eigenvalue weighted by molar-refractivity contribution is -0.119. The van der Waals surface area contributed by atoms with Crippen molar-refractivity contribution in [2.45, 2.75) is 38.3 Å². The van der Waals surface area contributed by atoms with Crippen molar-refractivity contribution in [2.75, 3.05) is 6.67 Å². The Kier molecular flexibility index (Phi) is 7.00. The Hall–Kier alpha value is -3.15. The number of unbranched alkanes of at least 4 members (excludes halogenated alkanes) is 2. The Morgan fingerprint density at radius 2 is 1.72 bits per heavy atom. The van der Waals surface area contributed by atoms with E-state index in [-0.39, 0.29) is 12.6 Å². The summed E-state index contributed by atoms with van der Waals surface area (Å²) in [6, 6.07) is 16.3. The molecule has 5 nitrogen and oxygen atoms in total. The van der Waals surface area contributed by atoms with Gasteiger partial charge in [0.25, 0.3) is 5.91 Å². The summed E-state index contributed by atoms with van der Waals surface area (Å²) in [4.78, 5) is 24.9. The number of carbonyl (C=O) groups excluding carboxylic acids is 2. The van der Waals surface area contributed by atoms with E-state index in [0.717, 1.165) is 29.3 Å². The number of primary amides is 1. The zero-order valence-electron chi connectivity index (χ0n) is 16.3. The van der Waals surface area contributed by atoms with Gasteiger partial charge in [-0.1, -0.05) is 48.5 Å². The molecule has 6 heteroatoms. The fourth-order valence-corrected chi connectivity index (χ4v) is 3.47. The van der Waals surface area contributed by atoms with E-state index in [9.17, 15) is 14.0 Å². The second kappa shape index (κ2) is 9.87. The van der Waals surface area contributed by atoms with Gasteiger partial charge < -0.3 is 15.6 Å². The predicted molar refractivity (Wildman–Crippen MR) is 112 cm³/mol. The van der Waals surface area contributed by atoms with Gasteiger partial charge in [-0.25, -0.2) is 0 Å². The van der Waals surface area contributed by atoms with E-state index in [1.165, 1.54) is 0 Å². The van der Waals surface area contributed by atoms with E-state index in [1.807, 2.05) is 59.2 Å². The number of fused-ring (bicyclic) bond motifs is 1. The second-order valence-electron chi connectivity index (χ2n) is 7.12. The summed E-state index contributed by atoms with van der Waals surface area (Å²) in [7, 11) is 0. The van der Waals surface area contributed by atoms with Crippen LogP contribution in [0.25, 0.3) is 10.9 Å². The first-order valence-corrected chi connectivity index (χ1v) is 9.88. The number of hydrogen-bond acceptors (Lipinski definition) is 2. The molecule has 0 aliphatic carbocycles. The van der Waals surface area contributed by atoms with Crippen molar-refractivity contribution in [1.82, 2.24) is 9.88 Å². The molecule has 3 rings (SSSR count). The molecule has 0 bridgehead atoms. The lowest BCUT2D eigenvalue weighted by Crippen LogP contribution is -2.45. The van der Waals surface area contributed by atoms with Crippen LogP contribution in [-0.4, -0.2) is 29.1 Å². The number of hydrogen-bond donors (Lipinski definition) is 2. The molecule has 3 N–H and O–H groups in total. The smallest absolute Gasteiger partial charge is 0.254 e. The van der Waals surface area contributed by atoms with E-state index in [4.69, 9.17) is 5.73 Å². The van der Waals surface area contributed by atoms with Gasteiger partial charge in [-0.15, -0.1) is 0 Å². The summed E-state index contributed by atoms with van der Waals surface area (Å²) in [5.41, 5.74) is 7.90. The number of benzene rings is 2. The average molecular weight is 395 g/mol. The molecule has 1 heterocycles. The van der Waals surface area contributed by atoms with Gasteiger partial charge in [-0.05, 0) is 30.9 Å². The topological polar surface area (TPSA) is 77.1 Å². The molecule has 29 heavy (non-hydrogen) atoms. The Labute approximate surface area is 169 Å². The van der Waals surface area contributed by atoms with Gasteiger partial charge in [-0.3, -0.25) is 14.0 Å². The van der Waals surface area contributed by atoms with Crippen LogP contribution in [0.3, 0.4) is 0 Å². The highest BCUT2D eigenvalue weighted by atomic mass is 19.1. The number of amides is 2. The molecule has 0 spiro atoms. The third-order valence-corrected chi connectivity index (χ3v) is 5.00. The molecule has 2 amide bonds. The van der Waals surface area contributed by atoms with Crippen LogP contribution in [0.2, 0.25) is 0 Å². The van der Waals surface area contributed by atoms with Crippen LogP contribution in [0.4, 0.5) is 4.39 Å². The molecule has 1 atom stereocenters. The number of para-hydroxylation sites is 1. The molecule has 3 aromatic rings. The van der Waals surface area contributed by atoms with Crippen LogP contribution in [-0.2, 0) is 17.8 Å². The summed E-state index contributed by atoms with van der Waals surface area (Å²) in [6.07, 6.45) is 4.32. The van der Waals surface area contributed by atoms with Gasteiger partial charge in [0.05, 0.1) is 12.2 Å². The number of alkyl halides is 1. The summed E-state index contributed by atoms with van der Waals surface area (Å²) in [5.74, 6) is -0.902. The zero-order chi connectivity index (χ0) is 20.6. The number of aryl methyl sites for hydroxylation is 1. The summed E-state index contributed by atoms with van der Waals surface area (Å²) < 4.78 is 14.3. The third kappa shape index (κ3) is 5.22. The fraction of sp³-hybridized carbons (Fsp3) is 0.304. The largest absolute Gasteiger partial charge is 0.368 e. The van der Waals surface area contributed by atoms with Crippen LogP contribution in [0, 0.1) is 0 Å². The highest BCUT2D eigenvalue weighted by Gasteiger charge is 2.22. The van der Waals surface area contributed by atoms with Gasteiger partial charge >= 0.3 is 0 Å². The quantitative estimate of drug-likeness (QED) is 0.515. The Balaban J connectivity index is 1.79. The molecule has 0 aliphatic heterocycles. The van der Waals surface area contributed by atoms with Crippen molar-refractivity contribution in [3.63, 3.8) is 0 Å². The molecule has 0 saturated carbocycles. The predicted octanol–water partition coefficient (Wildman–Crippen LogP) is 3.61. The minimum atomic E-state index is -0.795. The first-order chi connectivity index (χ1) is 14.1. The first kappa shape index (κ1) is 20.6. The number of halogens is 1. The molecule has 0 radical (unpaired) electrons. The number of carbonyl (C=O) groups is 2. The fourth-order valence-electron chi connectivity index (χ4n) is 3.47. The normalized spacial score (nSPS) is 12.0. The van der Waals surface area contributed by atoms with Crippen LogP contribution in [0.5, 0.6) is 0 Å². The molecular weight excluding hydrogens is 369 g/mol. The molecule has 0 aliphatic rings. The molecule has 0 saturated heterocycles. The maximum atomic E-state index is 13.0. The minimum Gasteiger partial charge on any atom is -0.368 e. The van der Waals surface area contributed by atoms with Gasteiger partial charge in [0, 0.05) is 30.1 Å². The highest BCUT2D eigenvalue weighted by Crippen LogP contribution is 2.22. The summed E-state index contributed by atoms with van der Waals surface area (Å²) in [5, 5.41) is 3.60. The lowest BCUT2D eigenvalue weighted by atomic mass is 10.0. The Morgan fingerprint density at radius 1 is 1.00 bits per heavy atom. The average Bonchev–Trinajstić information content (AvgIpc) is 3.10. The van der Waals surface area contributed by atoms with Gasteiger partial charge in [0.15, 0.2) is 0 Å². The molecular formula is C23H26FN3O2. The van der Waals surface area contributed by atoms with E-state index in [2.05, 4.69) is 5.32 Å². The van der Waals surface area contributed by atoms with Gasteiger partial charge in [0.1, 0.15) is 6.04 Å². The maximum absolute atomic E-state index is 13.0. The van der Waals surface area contributed by atoms with Crippen LogP contribution < -0.4 is 11.1 Å². The van der Waals surface area contributed by atoms with E-state index >= 15 is 0 Å². The van der Waals surface area contributed by atoms with Crippen molar-refractivity contribution >= 4 is 22.7 Å². The van der Waals surface area contributed by atoms with Crippen molar-refractivity contribution in [3.8, 4) is 0 Å². The molecule has 0 fully saturated rings. The number of nitrogens with one attached hydrogen (secondary N) is 1. The summed E-state index contributed by atoms with van der Waals surface area (Å²) in [6.45, 7) is 0.396. The van der Waals surface area contributed by atoms with Gasteiger partial charge in [-0.2, -0.15) is 0 Å². The number of nitrogens with two attached hydrogens (primary N) is 1. The van der Waals surface area contributed by atoms with Crippen molar-refractivity contribution in [2.24, 2.45) is 5.73 Å². The highest BCUT2D eigenvalue weighted by molar-refractivity contribution is 6.08. The SMILES string of the molecule is NC(=O)C(Cc1ccccc1)NC(=O)c1cn(CCCCCF)c2ccccc12.